The number of aliphatic hydroxyl groups is 1. The summed E-state index contributed by atoms with van der Waals surface area (Å²) in [5, 5.41) is 19.3. The molecule has 0 aromatic carbocycles. The summed E-state index contributed by atoms with van der Waals surface area (Å²) >= 11 is 5.57. The van der Waals surface area contributed by atoms with Crippen LogP contribution in [0, 0.1) is 11.3 Å². The highest BCUT2D eigenvalue weighted by Gasteiger charge is 2.27. The molecular weight excluding hydrogens is 240 g/mol. The molecule has 0 aliphatic heterocycles. The van der Waals surface area contributed by atoms with Gasteiger partial charge in [-0.05, 0) is 12.1 Å². The van der Waals surface area contributed by atoms with Gasteiger partial charge in [-0.25, -0.2) is 13.8 Å². The lowest BCUT2D eigenvalue weighted by Gasteiger charge is -2.14. The van der Waals surface area contributed by atoms with Crippen LogP contribution in [0.5, 0.6) is 0 Å². The molecule has 2 N–H and O–H groups in total. The first-order valence-electron chi connectivity index (χ1n) is 4.27. The monoisotopic (exact) mass is 247 g/mol. The second-order valence-corrected chi connectivity index (χ2v) is 3.43. The number of pyridine rings is 1. The fraction of sp³-hybridized carbons (Fsp3) is 0.333. The van der Waals surface area contributed by atoms with E-state index in [-0.39, 0.29) is 16.5 Å². The number of hydrogen-bond acceptors (Lipinski definition) is 4. The van der Waals surface area contributed by atoms with E-state index in [1.807, 2.05) is 6.07 Å². The van der Waals surface area contributed by atoms with Crippen LogP contribution >= 0.6 is 11.6 Å². The molecule has 86 valence electrons. The van der Waals surface area contributed by atoms with Gasteiger partial charge in [0.15, 0.2) is 0 Å². The maximum Gasteiger partial charge on any atom is 0.287 e. The number of nitrogens with zero attached hydrogens (tertiary/aromatic N) is 2. The molecule has 4 nitrogen and oxygen atoms in total. The summed E-state index contributed by atoms with van der Waals surface area (Å²) in [6.45, 7) is -2.03. The van der Waals surface area contributed by atoms with Gasteiger partial charge in [0, 0.05) is 0 Å². The van der Waals surface area contributed by atoms with Gasteiger partial charge in [0.25, 0.3) is 5.92 Å². The quantitative estimate of drug-likeness (QED) is 0.794. The number of aromatic nitrogens is 1. The van der Waals surface area contributed by atoms with Crippen LogP contribution in [-0.4, -0.2) is 29.2 Å². The van der Waals surface area contributed by atoms with E-state index in [0.717, 1.165) is 0 Å². The zero-order chi connectivity index (χ0) is 12.2. The largest absolute Gasteiger partial charge is 0.390 e. The highest BCUT2D eigenvalue weighted by Crippen LogP contribution is 2.17. The molecule has 1 aromatic rings. The Balaban J connectivity index is 2.75. The van der Waals surface area contributed by atoms with E-state index in [0.29, 0.717) is 0 Å². The maximum atomic E-state index is 12.7. The first kappa shape index (κ1) is 12.6. The van der Waals surface area contributed by atoms with Crippen molar-refractivity contribution in [2.75, 3.05) is 18.5 Å². The van der Waals surface area contributed by atoms with Gasteiger partial charge < -0.3 is 10.4 Å². The predicted molar refractivity (Wildman–Crippen MR) is 54.5 cm³/mol. The Morgan fingerprint density at radius 2 is 2.25 bits per heavy atom. The van der Waals surface area contributed by atoms with E-state index in [1.165, 1.54) is 12.1 Å². The Morgan fingerprint density at radius 3 is 2.81 bits per heavy atom. The number of halogens is 3. The molecule has 0 fully saturated rings. The Kier molecular flexibility index (Phi) is 3.99. The molecule has 0 spiro atoms. The molecular formula is C9H8ClF2N3O. The average Bonchev–Trinajstić information content (AvgIpc) is 2.26. The molecule has 0 aliphatic carbocycles. The molecule has 16 heavy (non-hydrogen) atoms. The standard InChI is InChI=1S/C9H8ClF2N3O/c10-7-1-6(3-13)2-8(15-7)14-4-9(11,12)5-16/h1-2,16H,4-5H2,(H,14,15). The van der Waals surface area contributed by atoms with Crippen LogP contribution in [0.2, 0.25) is 5.15 Å². The van der Waals surface area contributed by atoms with Crippen LogP contribution < -0.4 is 5.32 Å². The van der Waals surface area contributed by atoms with Crippen molar-refractivity contribution in [2.45, 2.75) is 5.92 Å². The third-order valence-electron chi connectivity index (χ3n) is 1.68. The minimum atomic E-state index is -3.24. The van der Waals surface area contributed by atoms with Crippen molar-refractivity contribution in [3.63, 3.8) is 0 Å². The summed E-state index contributed by atoms with van der Waals surface area (Å²) in [6, 6.07) is 4.43. The van der Waals surface area contributed by atoms with E-state index < -0.39 is 19.1 Å². The van der Waals surface area contributed by atoms with Crippen molar-refractivity contribution in [1.29, 1.82) is 5.26 Å². The summed E-state index contributed by atoms with van der Waals surface area (Å²) in [4.78, 5) is 3.71. The summed E-state index contributed by atoms with van der Waals surface area (Å²) in [7, 11) is 0. The van der Waals surface area contributed by atoms with Crippen molar-refractivity contribution in [2.24, 2.45) is 0 Å². The number of nitrogens with one attached hydrogen (secondary N) is 1. The van der Waals surface area contributed by atoms with Crippen LogP contribution in [0.3, 0.4) is 0 Å². The SMILES string of the molecule is N#Cc1cc(Cl)nc(NCC(F)(F)CO)c1. The molecule has 0 saturated heterocycles. The molecule has 0 unspecified atom stereocenters. The van der Waals surface area contributed by atoms with Crippen molar-refractivity contribution < 1.29 is 13.9 Å². The summed E-state index contributed by atoms with van der Waals surface area (Å²) in [5.41, 5.74) is 0.217. The summed E-state index contributed by atoms with van der Waals surface area (Å²) < 4.78 is 25.4. The predicted octanol–water partition coefficient (Wildman–Crippen LogP) is 1.65. The van der Waals surface area contributed by atoms with E-state index in [4.69, 9.17) is 22.0 Å². The van der Waals surface area contributed by atoms with Crippen LogP contribution in [0.4, 0.5) is 14.6 Å². The minimum Gasteiger partial charge on any atom is -0.390 e. The van der Waals surface area contributed by atoms with Gasteiger partial charge in [0.05, 0.1) is 18.2 Å². The lowest BCUT2D eigenvalue weighted by atomic mass is 10.3. The Labute approximate surface area is 95.5 Å². The first-order chi connectivity index (χ1) is 7.46. The zero-order valence-electron chi connectivity index (χ0n) is 8.04. The third kappa shape index (κ3) is 3.61. The number of nitriles is 1. The first-order valence-corrected chi connectivity index (χ1v) is 4.65. The van der Waals surface area contributed by atoms with Gasteiger partial charge in [0.1, 0.15) is 17.6 Å². The topological polar surface area (TPSA) is 68.9 Å². The fourth-order valence-electron chi connectivity index (χ4n) is 0.928. The molecule has 7 heteroatoms. The maximum absolute atomic E-state index is 12.7. The van der Waals surface area contributed by atoms with E-state index in [2.05, 4.69) is 10.3 Å². The summed E-state index contributed by atoms with van der Waals surface area (Å²) in [5.74, 6) is -3.17. The van der Waals surface area contributed by atoms with Gasteiger partial charge in [0.2, 0.25) is 0 Å². The minimum absolute atomic E-state index is 0.0360. The Hall–Kier alpha value is -1.45. The Morgan fingerprint density at radius 1 is 1.56 bits per heavy atom. The number of alkyl halides is 2. The van der Waals surface area contributed by atoms with E-state index >= 15 is 0 Å². The van der Waals surface area contributed by atoms with Gasteiger partial charge >= 0.3 is 0 Å². The zero-order valence-corrected chi connectivity index (χ0v) is 8.80. The molecule has 0 amide bonds. The number of rotatable bonds is 4. The average molecular weight is 248 g/mol. The molecule has 1 aromatic heterocycles. The van der Waals surface area contributed by atoms with Gasteiger partial charge in [-0.2, -0.15) is 5.26 Å². The lowest BCUT2D eigenvalue weighted by molar-refractivity contribution is -0.0373. The highest BCUT2D eigenvalue weighted by atomic mass is 35.5. The Bertz CT molecular complexity index is 420. The second-order valence-electron chi connectivity index (χ2n) is 3.04. The van der Waals surface area contributed by atoms with Crippen molar-refractivity contribution in [1.82, 2.24) is 4.98 Å². The van der Waals surface area contributed by atoms with Gasteiger partial charge in [-0.1, -0.05) is 11.6 Å². The molecule has 0 bridgehead atoms. The van der Waals surface area contributed by atoms with Gasteiger partial charge in [-0.3, -0.25) is 0 Å². The van der Waals surface area contributed by atoms with Crippen LogP contribution in [0.1, 0.15) is 5.56 Å². The summed E-state index contributed by atoms with van der Waals surface area (Å²) in [6.07, 6.45) is 0. The van der Waals surface area contributed by atoms with Gasteiger partial charge in [-0.15, -0.1) is 0 Å². The van der Waals surface area contributed by atoms with Crippen LogP contribution in [-0.2, 0) is 0 Å². The smallest absolute Gasteiger partial charge is 0.287 e. The molecule has 1 rings (SSSR count). The fourth-order valence-corrected chi connectivity index (χ4v) is 1.14. The lowest BCUT2D eigenvalue weighted by Crippen LogP contribution is -2.31. The molecule has 0 atom stereocenters. The highest BCUT2D eigenvalue weighted by molar-refractivity contribution is 6.29. The van der Waals surface area contributed by atoms with Crippen molar-refractivity contribution in [3.8, 4) is 6.07 Å². The third-order valence-corrected chi connectivity index (χ3v) is 1.88. The molecule has 0 aliphatic rings. The van der Waals surface area contributed by atoms with E-state index in [1.54, 1.807) is 0 Å². The molecule has 1 heterocycles. The normalized spacial score (nSPS) is 10.9. The molecule has 0 saturated carbocycles. The number of anilines is 1. The number of hydrogen-bond donors (Lipinski definition) is 2. The van der Waals surface area contributed by atoms with Crippen molar-refractivity contribution in [3.05, 3.63) is 22.8 Å². The van der Waals surface area contributed by atoms with Crippen LogP contribution in [0.15, 0.2) is 12.1 Å². The van der Waals surface area contributed by atoms with E-state index in [9.17, 15) is 8.78 Å². The van der Waals surface area contributed by atoms with Crippen molar-refractivity contribution >= 4 is 17.4 Å². The second kappa shape index (κ2) is 5.05. The number of aliphatic hydroxyl groups excluding tert-OH is 1. The molecule has 0 radical (unpaired) electrons. The van der Waals surface area contributed by atoms with Crippen LogP contribution in [0.25, 0.3) is 0 Å².